The van der Waals surface area contributed by atoms with Crippen LogP contribution < -0.4 is 4.74 Å². The van der Waals surface area contributed by atoms with E-state index in [2.05, 4.69) is 27.4 Å². The Balaban J connectivity index is 3.19. The average Bonchev–Trinajstić information content (AvgIpc) is 2.04. The molecule has 0 saturated carbocycles. The van der Waals surface area contributed by atoms with Gasteiger partial charge in [-0.1, -0.05) is 0 Å². The van der Waals surface area contributed by atoms with Gasteiger partial charge in [0.1, 0.15) is 5.75 Å². The Morgan fingerprint density at radius 1 is 1.55 bits per heavy atom. The summed E-state index contributed by atoms with van der Waals surface area (Å²) in [6, 6.07) is 5.51. The number of halogens is 1. The second kappa shape index (κ2) is 3.58. The van der Waals surface area contributed by atoms with Crippen molar-refractivity contribution in [3.8, 4) is 5.75 Å². The van der Waals surface area contributed by atoms with Crippen LogP contribution in [0.25, 0.3) is 4.85 Å². The number of hydrogen-bond donors (Lipinski definition) is 0. The Morgan fingerprint density at radius 3 is 2.82 bits per heavy atom. The lowest BCUT2D eigenvalue weighted by Crippen LogP contribution is -1.82. The third-order valence-electron chi connectivity index (χ3n) is 1.26. The molecule has 0 bridgehead atoms. The first-order valence-corrected chi connectivity index (χ1v) is 4.07. The topological polar surface area (TPSA) is 13.6 Å². The first kappa shape index (κ1) is 8.34. The molecule has 56 valence electrons. The molecule has 0 atom stereocenters. The first-order valence-electron chi connectivity index (χ1n) is 2.99. The summed E-state index contributed by atoms with van der Waals surface area (Å²) >= 11 is 2.16. The molecular weight excluding hydrogens is 253 g/mol. The van der Waals surface area contributed by atoms with Gasteiger partial charge in [0.05, 0.1) is 13.7 Å². The van der Waals surface area contributed by atoms with Crippen LogP contribution in [0, 0.1) is 10.1 Å². The second-order valence-electron chi connectivity index (χ2n) is 1.93. The molecule has 0 aliphatic rings. The smallest absolute Gasteiger partial charge is 0.229 e. The Labute approximate surface area is 79.1 Å². The molecule has 0 radical (unpaired) electrons. The Morgan fingerprint density at radius 2 is 2.27 bits per heavy atom. The summed E-state index contributed by atoms with van der Waals surface area (Å²) in [6.45, 7) is 6.83. The highest BCUT2D eigenvalue weighted by Crippen LogP contribution is 2.28. The SMILES string of the molecule is [C-]#[N+]c1cc(I)ccc1OC. The highest BCUT2D eigenvalue weighted by Gasteiger charge is 2.00. The molecule has 0 aliphatic carbocycles. The van der Waals surface area contributed by atoms with Gasteiger partial charge < -0.3 is 4.74 Å². The van der Waals surface area contributed by atoms with Gasteiger partial charge in [-0.25, -0.2) is 4.85 Å². The molecule has 0 aliphatic heterocycles. The summed E-state index contributed by atoms with van der Waals surface area (Å²) in [5.41, 5.74) is 0.569. The van der Waals surface area contributed by atoms with E-state index in [4.69, 9.17) is 11.3 Å². The fourth-order valence-corrected chi connectivity index (χ4v) is 1.23. The molecule has 0 amide bonds. The molecule has 1 aromatic rings. The molecule has 0 saturated heterocycles. The van der Waals surface area contributed by atoms with Gasteiger partial charge in [0.2, 0.25) is 5.69 Å². The number of methoxy groups -OCH3 is 1. The van der Waals surface area contributed by atoms with E-state index in [0.717, 1.165) is 3.57 Å². The van der Waals surface area contributed by atoms with E-state index in [1.165, 1.54) is 0 Å². The molecule has 0 heterocycles. The largest absolute Gasteiger partial charge is 0.508 e. The van der Waals surface area contributed by atoms with Crippen LogP contribution in [0.4, 0.5) is 5.69 Å². The molecule has 0 aromatic heterocycles. The van der Waals surface area contributed by atoms with Crippen LogP contribution >= 0.6 is 22.6 Å². The van der Waals surface area contributed by atoms with Crippen molar-refractivity contribution in [2.24, 2.45) is 0 Å². The zero-order chi connectivity index (χ0) is 8.27. The lowest BCUT2D eigenvalue weighted by Gasteiger charge is -2.01. The van der Waals surface area contributed by atoms with Gasteiger partial charge in [-0.3, -0.25) is 0 Å². The normalized spacial score (nSPS) is 8.82. The maximum absolute atomic E-state index is 6.83. The first-order chi connectivity index (χ1) is 5.27. The molecule has 3 heteroatoms. The van der Waals surface area contributed by atoms with E-state index in [9.17, 15) is 0 Å². The fourth-order valence-electron chi connectivity index (χ4n) is 0.751. The zero-order valence-corrected chi connectivity index (χ0v) is 8.12. The number of benzene rings is 1. The van der Waals surface area contributed by atoms with Gasteiger partial charge >= 0.3 is 0 Å². The Bertz CT molecular complexity index is 303. The lowest BCUT2D eigenvalue weighted by molar-refractivity contribution is 0.417. The lowest BCUT2D eigenvalue weighted by atomic mass is 10.3. The molecule has 0 N–H and O–H groups in total. The number of nitrogens with zero attached hydrogens (tertiary/aromatic N) is 1. The van der Waals surface area contributed by atoms with E-state index < -0.39 is 0 Å². The van der Waals surface area contributed by atoms with E-state index in [1.807, 2.05) is 6.07 Å². The van der Waals surface area contributed by atoms with E-state index in [-0.39, 0.29) is 0 Å². The van der Waals surface area contributed by atoms with E-state index >= 15 is 0 Å². The number of ether oxygens (including phenoxy) is 1. The van der Waals surface area contributed by atoms with Gasteiger partial charge in [-0.05, 0) is 40.8 Å². The van der Waals surface area contributed by atoms with E-state index in [0.29, 0.717) is 11.4 Å². The number of hydrogen-bond acceptors (Lipinski definition) is 1. The van der Waals surface area contributed by atoms with Gasteiger partial charge in [-0.2, -0.15) is 0 Å². The zero-order valence-electron chi connectivity index (χ0n) is 5.97. The second-order valence-corrected chi connectivity index (χ2v) is 3.17. The average molecular weight is 259 g/mol. The van der Waals surface area contributed by atoms with Crippen LogP contribution in [0.2, 0.25) is 0 Å². The molecule has 0 spiro atoms. The Kier molecular flexibility index (Phi) is 2.71. The van der Waals surface area contributed by atoms with E-state index in [1.54, 1.807) is 19.2 Å². The molecule has 0 fully saturated rings. The van der Waals surface area contributed by atoms with Crippen molar-refractivity contribution in [3.63, 3.8) is 0 Å². The summed E-state index contributed by atoms with van der Waals surface area (Å²) < 4.78 is 6.02. The van der Waals surface area contributed by atoms with Crippen LogP contribution in [-0.2, 0) is 0 Å². The quantitative estimate of drug-likeness (QED) is 0.558. The van der Waals surface area contributed by atoms with Crippen LogP contribution in [0.3, 0.4) is 0 Å². The van der Waals surface area contributed by atoms with Crippen LogP contribution in [-0.4, -0.2) is 7.11 Å². The maximum atomic E-state index is 6.83. The van der Waals surface area contributed by atoms with Crippen LogP contribution in [0.5, 0.6) is 5.75 Å². The monoisotopic (exact) mass is 259 g/mol. The summed E-state index contributed by atoms with van der Waals surface area (Å²) in [5, 5.41) is 0. The van der Waals surface area contributed by atoms with Crippen molar-refractivity contribution in [1.82, 2.24) is 0 Å². The summed E-state index contributed by atoms with van der Waals surface area (Å²) in [6.07, 6.45) is 0. The fraction of sp³-hybridized carbons (Fsp3) is 0.125. The third kappa shape index (κ3) is 1.84. The molecular formula is C8H6INO. The molecule has 2 nitrogen and oxygen atoms in total. The minimum atomic E-state index is 0.569. The van der Waals surface area contributed by atoms with Crippen molar-refractivity contribution in [1.29, 1.82) is 0 Å². The maximum Gasteiger partial charge on any atom is 0.229 e. The molecule has 0 unspecified atom stereocenters. The summed E-state index contributed by atoms with van der Waals surface area (Å²) in [5.74, 6) is 0.639. The van der Waals surface area contributed by atoms with Crippen molar-refractivity contribution < 1.29 is 4.74 Å². The summed E-state index contributed by atoms with van der Waals surface area (Å²) in [7, 11) is 1.57. The minimum absolute atomic E-state index is 0.569. The third-order valence-corrected chi connectivity index (χ3v) is 1.93. The summed E-state index contributed by atoms with van der Waals surface area (Å²) in [4.78, 5) is 3.32. The van der Waals surface area contributed by atoms with Crippen LogP contribution in [0.1, 0.15) is 0 Å². The van der Waals surface area contributed by atoms with Crippen molar-refractivity contribution >= 4 is 28.3 Å². The number of rotatable bonds is 1. The van der Waals surface area contributed by atoms with Gasteiger partial charge in [0.25, 0.3) is 0 Å². The highest BCUT2D eigenvalue weighted by atomic mass is 127. The molecule has 11 heavy (non-hydrogen) atoms. The molecule has 1 rings (SSSR count). The highest BCUT2D eigenvalue weighted by molar-refractivity contribution is 14.1. The Hall–Kier alpha value is -0.760. The van der Waals surface area contributed by atoms with Crippen molar-refractivity contribution in [2.75, 3.05) is 7.11 Å². The van der Waals surface area contributed by atoms with Crippen molar-refractivity contribution in [3.05, 3.63) is 33.2 Å². The van der Waals surface area contributed by atoms with Gasteiger partial charge in [-0.15, -0.1) is 0 Å². The molecule has 1 aromatic carbocycles. The standard InChI is InChI=1S/C8H6INO/c1-10-7-5-6(9)3-4-8(7)11-2/h3-5H,2H3. The van der Waals surface area contributed by atoms with Gasteiger partial charge in [0, 0.05) is 3.57 Å². The van der Waals surface area contributed by atoms with Crippen molar-refractivity contribution in [2.45, 2.75) is 0 Å². The van der Waals surface area contributed by atoms with Gasteiger partial charge in [0.15, 0.2) is 0 Å². The van der Waals surface area contributed by atoms with Crippen LogP contribution in [0.15, 0.2) is 18.2 Å². The predicted octanol–water partition coefficient (Wildman–Crippen LogP) is 2.85. The predicted molar refractivity (Wildman–Crippen MR) is 52.0 cm³/mol. The minimum Gasteiger partial charge on any atom is -0.508 e.